The van der Waals surface area contributed by atoms with Gasteiger partial charge in [0.25, 0.3) is 0 Å². The van der Waals surface area contributed by atoms with Crippen LogP contribution in [0.15, 0.2) is 36.4 Å². The SMILES string of the molecule is Fc1ccc2c(c1)CC(CNc1cccc(Cl)c1F)O2. The largest absolute Gasteiger partial charge is 0.488 e. The molecule has 0 radical (unpaired) electrons. The Balaban J connectivity index is 1.65. The second-order valence-electron chi connectivity index (χ2n) is 4.68. The van der Waals surface area contributed by atoms with E-state index in [1.54, 1.807) is 18.2 Å². The third-order valence-corrected chi connectivity index (χ3v) is 3.53. The van der Waals surface area contributed by atoms with Gasteiger partial charge in [-0.25, -0.2) is 8.78 Å². The quantitative estimate of drug-likeness (QED) is 0.923. The van der Waals surface area contributed by atoms with E-state index in [1.807, 2.05) is 0 Å². The van der Waals surface area contributed by atoms with Gasteiger partial charge in [0.05, 0.1) is 17.3 Å². The Kier molecular flexibility index (Phi) is 3.49. The lowest BCUT2D eigenvalue weighted by Crippen LogP contribution is -2.24. The number of hydrogen-bond donors (Lipinski definition) is 1. The first-order valence-electron chi connectivity index (χ1n) is 6.26. The maximum atomic E-state index is 13.7. The number of ether oxygens (including phenoxy) is 1. The van der Waals surface area contributed by atoms with Crippen LogP contribution in [-0.2, 0) is 6.42 Å². The molecule has 1 aliphatic rings. The summed E-state index contributed by atoms with van der Waals surface area (Å²) in [5, 5.41) is 3.04. The molecule has 1 heterocycles. The van der Waals surface area contributed by atoms with E-state index in [2.05, 4.69) is 5.32 Å². The Morgan fingerprint density at radius 3 is 2.95 bits per heavy atom. The van der Waals surface area contributed by atoms with Crippen LogP contribution >= 0.6 is 11.6 Å². The van der Waals surface area contributed by atoms with Gasteiger partial charge in [-0.2, -0.15) is 0 Å². The predicted molar refractivity (Wildman–Crippen MR) is 74.4 cm³/mol. The topological polar surface area (TPSA) is 21.3 Å². The average Bonchev–Trinajstić information content (AvgIpc) is 2.82. The fourth-order valence-electron chi connectivity index (χ4n) is 2.27. The molecule has 0 aliphatic carbocycles. The molecule has 1 aliphatic heterocycles. The Morgan fingerprint density at radius 2 is 2.10 bits per heavy atom. The molecule has 2 aromatic rings. The highest BCUT2D eigenvalue weighted by Gasteiger charge is 2.23. The van der Waals surface area contributed by atoms with Crippen molar-refractivity contribution in [1.29, 1.82) is 0 Å². The summed E-state index contributed by atoms with van der Waals surface area (Å²) in [5.41, 5.74) is 1.17. The van der Waals surface area contributed by atoms with E-state index in [0.29, 0.717) is 24.4 Å². The molecule has 0 fully saturated rings. The Morgan fingerprint density at radius 1 is 1.25 bits per heavy atom. The van der Waals surface area contributed by atoms with E-state index < -0.39 is 5.82 Å². The summed E-state index contributed by atoms with van der Waals surface area (Å²) in [7, 11) is 0. The summed E-state index contributed by atoms with van der Waals surface area (Å²) in [6, 6.07) is 9.23. The summed E-state index contributed by atoms with van der Waals surface area (Å²) in [6.45, 7) is 0.424. The van der Waals surface area contributed by atoms with Gasteiger partial charge >= 0.3 is 0 Å². The highest BCUT2D eigenvalue weighted by molar-refractivity contribution is 6.31. The van der Waals surface area contributed by atoms with E-state index in [1.165, 1.54) is 18.2 Å². The number of anilines is 1. The molecule has 0 bridgehead atoms. The first-order valence-corrected chi connectivity index (χ1v) is 6.64. The maximum absolute atomic E-state index is 13.7. The van der Waals surface area contributed by atoms with Gasteiger partial charge in [0, 0.05) is 12.0 Å². The van der Waals surface area contributed by atoms with Crippen LogP contribution in [0.4, 0.5) is 14.5 Å². The van der Waals surface area contributed by atoms with Crippen LogP contribution in [0.25, 0.3) is 0 Å². The van der Waals surface area contributed by atoms with Gasteiger partial charge in [-0.05, 0) is 30.3 Å². The number of hydrogen-bond acceptors (Lipinski definition) is 2. The van der Waals surface area contributed by atoms with Crippen LogP contribution < -0.4 is 10.1 Å². The lowest BCUT2D eigenvalue weighted by Gasteiger charge is -2.13. The molecule has 2 aromatic carbocycles. The van der Waals surface area contributed by atoms with Gasteiger partial charge in [-0.3, -0.25) is 0 Å². The van der Waals surface area contributed by atoms with Gasteiger partial charge < -0.3 is 10.1 Å². The van der Waals surface area contributed by atoms with Crippen molar-refractivity contribution < 1.29 is 13.5 Å². The predicted octanol–water partition coefficient (Wildman–Crippen LogP) is 4.03. The lowest BCUT2D eigenvalue weighted by molar-refractivity contribution is 0.246. The molecule has 0 aromatic heterocycles. The van der Waals surface area contributed by atoms with Gasteiger partial charge in [-0.1, -0.05) is 17.7 Å². The van der Waals surface area contributed by atoms with Crippen LogP contribution in [0.3, 0.4) is 0 Å². The van der Waals surface area contributed by atoms with Crippen LogP contribution in [0.2, 0.25) is 5.02 Å². The molecule has 5 heteroatoms. The maximum Gasteiger partial charge on any atom is 0.164 e. The first-order chi connectivity index (χ1) is 9.63. The normalized spacial score (nSPS) is 16.6. The van der Waals surface area contributed by atoms with E-state index in [9.17, 15) is 8.78 Å². The molecular formula is C15H12ClF2NO. The van der Waals surface area contributed by atoms with E-state index >= 15 is 0 Å². The fraction of sp³-hybridized carbons (Fsp3) is 0.200. The van der Waals surface area contributed by atoms with Crippen LogP contribution in [0, 0.1) is 11.6 Å². The smallest absolute Gasteiger partial charge is 0.164 e. The van der Waals surface area contributed by atoms with E-state index in [0.717, 1.165) is 5.56 Å². The fourth-order valence-corrected chi connectivity index (χ4v) is 2.44. The van der Waals surface area contributed by atoms with Crippen molar-refractivity contribution in [3.8, 4) is 5.75 Å². The van der Waals surface area contributed by atoms with Gasteiger partial charge in [0.2, 0.25) is 0 Å². The minimum Gasteiger partial charge on any atom is -0.488 e. The molecule has 104 valence electrons. The monoisotopic (exact) mass is 295 g/mol. The molecule has 3 rings (SSSR count). The Labute approximate surface area is 120 Å². The molecule has 1 unspecified atom stereocenters. The van der Waals surface area contributed by atoms with Gasteiger partial charge in [0.15, 0.2) is 5.82 Å². The summed E-state index contributed by atoms with van der Waals surface area (Å²) >= 11 is 5.71. The standard InChI is InChI=1S/C15H12ClF2NO/c16-12-2-1-3-13(15(12)18)19-8-11-7-9-6-10(17)4-5-14(9)20-11/h1-6,11,19H,7-8H2. The summed E-state index contributed by atoms with van der Waals surface area (Å²) < 4.78 is 32.5. The molecule has 0 amide bonds. The molecule has 2 nitrogen and oxygen atoms in total. The summed E-state index contributed by atoms with van der Waals surface area (Å²) in [4.78, 5) is 0. The number of fused-ring (bicyclic) bond motifs is 1. The zero-order valence-corrected chi connectivity index (χ0v) is 11.3. The minimum absolute atomic E-state index is 0.0766. The molecule has 0 saturated carbocycles. The number of nitrogens with one attached hydrogen (secondary N) is 1. The lowest BCUT2D eigenvalue weighted by atomic mass is 10.1. The highest BCUT2D eigenvalue weighted by Crippen LogP contribution is 2.30. The third kappa shape index (κ3) is 2.56. The van der Waals surface area contributed by atoms with Gasteiger partial charge in [0.1, 0.15) is 17.7 Å². The molecular weight excluding hydrogens is 284 g/mol. The second kappa shape index (κ2) is 5.29. The van der Waals surface area contributed by atoms with Crippen molar-refractivity contribution in [2.24, 2.45) is 0 Å². The average molecular weight is 296 g/mol. The van der Waals surface area contributed by atoms with Crippen molar-refractivity contribution >= 4 is 17.3 Å². The van der Waals surface area contributed by atoms with Crippen molar-refractivity contribution in [1.82, 2.24) is 0 Å². The molecule has 0 saturated heterocycles. The second-order valence-corrected chi connectivity index (χ2v) is 5.09. The van der Waals surface area contributed by atoms with Crippen molar-refractivity contribution in [2.75, 3.05) is 11.9 Å². The number of rotatable bonds is 3. The van der Waals surface area contributed by atoms with Crippen LogP contribution in [0.1, 0.15) is 5.56 Å². The zero-order chi connectivity index (χ0) is 14.1. The van der Waals surface area contributed by atoms with Crippen molar-refractivity contribution in [3.63, 3.8) is 0 Å². The molecule has 1 atom stereocenters. The summed E-state index contributed by atoms with van der Waals surface area (Å²) in [5.74, 6) is -0.0673. The Bertz CT molecular complexity index is 648. The van der Waals surface area contributed by atoms with E-state index in [-0.39, 0.29) is 16.9 Å². The van der Waals surface area contributed by atoms with E-state index in [4.69, 9.17) is 16.3 Å². The minimum atomic E-state index is -0.476. The number of benzene rings is 2. The van der Waals surface area contributed by atoms with Crippen LogP contribution in [-0.4, -0.2) is 12.6 Å². The Hall–Kier alpha value is -1.81. The highest BCUT2D eigenvalue weighted by atomic mass is 35.5. The van der Waals surface area contributed by atoms with Gasteiger partial charge in [-0.15, -0.1) is 0 Å². The zero-order valence-electron chi connectivity index (χ0n) is 10.5. The van der Waals surface area contributed by atoms with Crippen molar-refractivity contribution in [3.05, 3.63) is 58.6 Å². The molecule has 0 spiro atoms. The van der Waals surface area contributed by atoms with Crippen LogP contribution in [0.5, 0.6) is 5.75 Å². The first kappa shape index (κ1) is 13.2. The number of halogens is 3. The van der Waals surface area contributed by atoms with Crippen molar-refractivity contribution in [2.45, 2.75) is 12.5 Å². The summed E-state index contributed by atoms with van der Waals surface area (Å²) in [6.07, 6.45) is 0.452. The third-order valence-electron chi connectivity index (χ3n) is 3.24. The molecule has 1 N–H and O–H groups in total. The molecule has 20 heavy (non-hydrogen) atoms.